The lowest BCUT2D eigenvalue weighted by molar-refractivity contribution is -0.120. The van der Waals surface area contributed by atoms with E-state index in [1.54, 1.807) is 6.07 Å². The van der Waals surface area contributed by atoms with Gasteiger partial charge in [0.05, 0.1) is 6.54 Å². The van der Waals surface area contributed by atoms with Gasteiger partial charge in [0, 0.05) is 48.7 Å². The molecular weight excluding hydrogens is 407 g/mol. The monoisotopic (exact) mass is 432 g/mol. The van der Waals surface area contributed by atoms with Crippen LogP contribution >= 0.6 is 11.3 Å². The molecule has 1 saturated heterocycles. The number of halogens is 1. The molecule has 1 aliphatic heterocycles. The highest BCUT2D eigenvalue weighted by Gasteiger charge is 2.25. The Morgan fingerprint density at radius 1 is 1.17 bits per heavy atom. The molecule has 0 aliphatic carbocycles. The van der Waals surface area contributed by atoms with E-state index < -0.39 is 11.7 Å². The summed E-state index contributed by atoms with van der Waals surface area (Å²) in [6.45, 7) is 1.68. The topological polar surface area (TPSA) is 95.7 Å². The minimum absolute atomic E-state index is 0.0276. The third kappa shape index (κ3) is 6.11. The second kappa shape index (κ2) is 10.3. The van der Waals surface area contributed by atoms with Crippen LogP contribution in [-0.4, -0.2) is 54.8 Å². The van der Waals surface area contributed by atoms with Crippen LogP contribution in [0.4, 0.5) is 10.1 Å². The Labute approximate surface area is 178 Å². The molecule has 0 saturated carbocycles. The van der Waals surface area contributed by atoms with Gasteiger partial charge in [0.15, 0.2) is 0 Å². The summed E-state index contributed by atoms with van der Waals surface area (Å²) in [5.74, 6) is -1.15. The molecule has 1 aromatic heterocycles. The molecule has 3 rings (SSSR count). The minimum Gasteiger partial charge on any atom is -0.370 e. The summed E-state index contributed by atoms with van der Waals surface area (Å²) in [4.78, 5) is 39.8. The van der Waals surface area contributed by atoms with Gasteiger partial charge in [-0.25, -0.2) is 4.39 Å². The smallest absolute Gasteiger partial charge is 0.252 e. The van der Waals surface area contributed by atoms with Crippen molar-refractivity contribution < 1.29 is 18.8 Å². The van der Waals surface area contributed by atoms with Crippen molar-refractivity contribution >= 4 is 34.7 Å². The van der Waals surface area contributed by atoms with E-state index in [1.165, 1.54) is 40.5 Å². The van der Waals surface area contributed by atoms with Crippen LogP contribution in [0.1, 0.15) is 29.6 Å². The first-order chi connectivity index (χ1) is 14.4. The van der Waals surface area contributed by atoms with Gasteiger partial charge in [0.25, 0.3) is 5.91 Å². The number of hydrogen-bond donors (Lipinski definition) is 2. The van der Waals surface area contributed by atoms with E-state index in [2.05, 4.69) is 5.32 Å². The molecule has 7 nitrogen and oxygen atoms in total. The number of anilines is 1. The number of benzene rings is 1. The van der Waals surface area contributed by atoms with E-state index in [4.69, 9.17) is 5.73 Å². The molecule has 160 valence electrons. The van der Waals surface area contributed by atoms with Crippen LogP contribution in [0.3, 0.4) is 0 Å². The molecule has 1 aromatic carbocycles. The van der Waals surface area contributed by atoms with Crippen molar-refractivity contribution in [3.8, 4) is 0 Å². The molecule has 0 atom stereocenters. The lowest BCUT2D eigenvalue weighted by Gasteiger charge is -2.33. The number of amides is 3. The van der Waals surface area contributed by atoms with E-state index in [0.29, 0.717) is 24.3 Å². The molecule has 3 amide bonds. The number of thiophene rings is 1. The van der Waals surface area contributed by atoms with Gasteiger partial charge < -0.3 is 16.0 Å². The Balaban J connectivity index is 1.53. The van der Waals surface area contributed by atoms with E-state index >= 15 is 0 Å². The van der Waals surface area contributed by atoms with Gasteiger partial charge in [-0.05, 0) is 48.6 Å². The molecule has 1 aliphatic rings. The molecule has 0 bridgehead atoms. The number of nitrogens with two attached hydrogens (primary N) is 1. The van der Waals surface area contributed by atoms with Gasteiger partial charge in [-0.2, -0.15) is 11.3 Å². The second-order valence-electron chi connectivity index (χ2n) is 7.27. The largest absolute Gasteiger partial charge is 0.370 e. The molecule has 9 heteroatoms. The fourth-order valence-electron chi connectivity index (χ4n) is 3.42. The third-order valence-electron chi connectivity index (χ3n) is 5.09. The van der Waals surface area contributed by atoms with Crippen LogP contribution in [0, 0.1) is 5.82 Å². The van der Waals surface area contributed by atoms with Gasteiger partial charge in [0.1, 0.15) is 5.82 Å². The Morgan fingerprint density at radius 3 is 2.47 bits per heavy atom. The van der Waals surface area contributed by atoms with Gasteiger partial charge in [0.2, 0.25) is 11.8 Å². The Bertz CT molecular complexity index is 865. The number of carbonyl (C=O) groups is 3. The first-order valence-electron chi connectivity index (χ1n) is 9.82. The highest BCUT2D eigenvalue weighted by atomic mass is 32.1. The maximum atomic E-state index is 13.2. The fourth-order valence-corrected chi connectivity index (χ4v) is 4.05. The third-order valence-corrected chi connectivity index (χ3v) is 5.77. The number of primary amides is 1. The van der Waals surface area contributed by atoms with E-state index in [9.17, 15) is 18.8 Å². The number of likely N-dealkylation sites (tertiary alicyclic amines) is 1. The quantitative estimate of drug-likeness (QED) is 0.667. The zero-order valence-corrected chi connectivity index (χ0v) is 17.4. The molecule has 3 N–H and O–H groups in total. The maximum absolute atomic E-state index is 13.2. The molecule has 2 heterocycles. The first kappa shape index (κ1) is 21.9. The molecule has 1 fully saturated rings. The maximum Gasteiger partial charge on any atom is 0.252 e. The summed E-state index contributed by atoms with van der Waals surface area (Å²) in [7, 11) is 0. The summed E-state index contributed by atoms with van der Waals surface area (Å²) in [6, 6.07) is 7.46. The van der Waals surface area contributed by atoms with E-state index in [-0.39, 0.29) is 37.4 Å². The highest BCUT2D eigenvalue weighted by molar-refractivity contribution is 7.08. The van der Waals surface area contributed by atoms with Crippen molar-refractivity contribution in [2.24, 2.45) is 5.73 Å². The van der Waals surface area contributed by atoms with Crippen molar-refractivity contribution in [3.63, 3.8) is 0 Å². The molecule has 30 heavy (non-hydrogen) atoms. The molecule has 0 spiro atoms. The summed E-state index contributed by atoms with van der Waals surface area (Å²) < 4.78 is 13.2. The molecule has 0 radical (unpaired) electrons. The summed E-state index contributed by atoms with van der Waals surface area (Å²) >= 11 is 1.48. The van der Waals surface area contributed by atoms with Gasteiger partial charge in [-0.3, -0.25) is 19.3 Å². The van der Waals surface area contributed by atoms with Gasteiger partial charge >= 0.3 is 0 Å². The van der Waals surface area contributed by atoms with Crippen molar-refractivity contribution in [2.45, 2.75) is 25.3 Å². The van der Waals surface area contributed by atoms with Crippen LogP contribution in [0.15, 0.2) is 41.1 Å². The number of nitrogens with one attached hydrogen (secondary N) is 1. The van der Waals surface area contributed by atoms with Gasteiger partial charge in [-0.1, -0.05) is 0 Å². The zero-order chi connectivity index (χ0) is 21.5. The zero-order valence-electron chi connectivity index (χ0n) is 16.6. The van der Waals surface area contributed by atoms with Crippen LogP contribution < -0.4 is 16.0 Å². The fraction of sp³-hybridized carbons (Fsp3) is 0.381. The van der Waals surface area contributed by atoms with E-state index in [1.807, 2.05) is 15.7 Å². The van der Waals surface area contributed by atoms with Gasteiger partial charge in [-0.15, -0.1) is 0 Å². The van der Waals surface area contributed by atoms with Crippen molar-refractivity contribution in [1.82, 2.24) is 10.2 Å². The molecular formula is C21H25FN4O3S. The number of piperidine rings is 1. The Hall–Kier alpha value is -2.78. The normalized spacial score (nSPS) is 15.0. The lowest BCUT2D eigenvalue weighted by Crippen LogP contribution is -2.48. The number of hydrogen-bond acceptors (Lipinski definition) is 5. The first-order valence-corrected chi connectivity index (χ1v) is 10.8. The van der Waals surface area contributed by atoms with Crippen LogP contribution in [0.25, 0.3) is 0 Å². The molecule has 0 unspecified atom stereocenters. The number of carbonyl (C=O) groups excluding carboxylic acids is 3. The number of nitrogens with zero attached hydrogens (tertiary/aromatic N) is 2. The Morgan fingerprint density at radius 2 is 1.87 bits per heavy atom. The summed E-state index contributed by atoms with van der Waals surface area (Å²) in [6.07, 6.45) is 1.53. The van der Waals surface area contributed by atoms with Crippen molar-refractivity contribution in [2.75, 3.05) is 31.1 Å². The summed E-state index contributed by atoms with van der Waals surface area (Å²) in [5, 5.41) is 6.73. The minimum atomic E-state index is -0.503. The predicted molar refractivity (Wildman–Crippen MR) is 114 cm³/mol. The number of rotatable bonds is 8. The predicted octanol–water partition coefficient (Wildman–Crippen LogP) is 1.99. The van der Waals surface area contributed by atoms with Crippen molar-refractivity contribution in [1.29, 1.82) is 0 Å². The average Bonchev–Trinajstić information content (AvgIpc) is 3.26. The standard InChI is InChI=1S/C21H25FN4O3S/c22-16-1-3-18(4-2-16)26(11-7-19(23)27)20(28)13-25-9-5-17(6-10-25)24-21(29)15-8-12-30-14-15/h1-4,8,12,14,17H,5-7,9-11,13H2,(H2,23,27)(H,24,29). The Kier molecular flexibility index (Phi) is 7.53. The lowest BCUT2D eigenvalue weighted by atomic mass is 10.0. The average molecular weight is 433 g/mol. The van der Waals surface area contributed by atoms with Crippen LogP contribution in [0.2, 0.25) is 0 Å². The van der Waals surface area contributed by atoms with E-state index in [0.717, 1.165) is 12.8 Å². The SMILES string of the molecule is NC(=O)CCN(C(=O)CN1CCC(NC(=O)c2ccsc2)CC1)c1ccc(F)cc1. The van der Waals surface area contributed by atoms with Crippen LogP contribution in [0.5, 0.6) is 0 Å². The molecule has 2 aromatic rings. The highest BCUT2D eigenvalue weighted by Crippen LogP contribution is 2.18. The second-order valence-corrected chi connectivity index (χ2v) is 8.05. The summed E-state index contributed by atoms with van der Waals surface area (Å²) in [5.41, 5.74) is 6.43. The van der Waals surface area contributed by atoms with Crippen LogP contribution in [-0.2, 0) is 9.59 Å². The van der Waals surface area contributed by atoms with Crippen molar-refractivity contribution in [3.05, 3.63) is 52.5 Å².